The van der Waals surface area contributed by atoms with Gasteiger partial charge in [0.15, 0.2) is 0 Å². The lowest BCUT2D eigenvalue weighted by atomic mass is 10.2. The first-order valence-electron chi connectivity index (χ1n) is 7.50. The van der Waals surface area contributed by atoms with E-state index in [4.69, 9.17) is 0 Å². The van der Waals surface area contributed by atoms with Crippen LogP contribution < -0.4 is 5.32 Å². The molecule has 0 bridgehead atoms. The molecule has 2 aromatic rings. The number of nitrogens with zero attached hydrogens (tertiary/aromatic N) is 1. The quantitative estimate of drug-likeness (QED) is 0.846. The normalized spacial score (nSPS) is 10.3. The molecule has 0 saturated heterocycles. The van der Waals surface area contributed by atoms with Gasteiger partial charge in [-0.1, -0.05) is 36.4 Å². The number of amides is 1. The van der Waals surface area contributed by atoms with E-state index in [1.165, 1.54) is 12.1 Å². The second-order valence-corrected chi connectivity index (χ2v) is 5.08. The zero-order valence-electron chi connectivity index (χ0n) is 12.8. The lowest BCUT2D eigenvalue weighted by Crippen LogP contribution is -2.31. The van der Waals surface area contributed by atoms with Gasteiger partial charge in [0.2, 0.25) is 5.91 Å². The molecule has 0 aromatic heterocycles. The Morgan fingerprint density at radius 1 is 1.14 bits per heavy atom. The van der Waals surface area contributed by atoms with Crippen LogP contribution in [0.1, 0.15) is 18.9 Å². The van der Waals surface area contributed by atoms with E-state index in [0.29, 0.717) is 31.7 Å². The predicted octanol–water partition coefficient (Wildman–Crippen LogP) is 3.68. The van der Waals surface area contributed by atoms with Gasteiger partial charge in [0, 0.05) is 31.7 Å². The van der Waals surface area contributed by atoms with Crippen molar-refractivity contribution in [2.75, 3.05) is 18.4 Å². The third kappa shape index (κ3) is 4.88. The van der Waals surface area contributed by atoms with Crippen LogP contribution in [0.3, 0.4) is 0 Å². The van der Waals surface area contributed by atoms with E-state index < -0.39 is 0 Å². The number of anilines is 1. The van der Waals surface area contributed by atoms with E-state index in [0.717, 1.165) is 5.56 Å². The Bertz CT molecular complexity index is 601. The molecule has 2 rings (SSSR count). The van der Waals surface area contributed by atoms with Crippen molar-refractivity contribution in [1.82, 2.24) is 4.90 Å². The Morgan fingerprint density at radius 2 is 1.91 bits per heavy atom. The summed E-state index contributed by atoms with van der Waals surface area (Å²) in [4.78, 5) is 14.1. The molecule has 4 heteroatoms. The highest BCUT2D eigenvalue weighted by Gasteiger charge is 2.11. The fourth-order valence-electron chi connectivity index (χ4n) is 2.25. The lowest BCUT2D eigenvalue weighted by molar-refractivity contribution is -0.131. The van der Waals surface area contributed by atoms with E-state index in [1.54, 1.807) is 12.1 Å². The summed E-state index contributed by atoms with van der Waals surface area (Å²) >= 11 is 0. The average Bonchev–Trinajstić information content (AvgIpc) is 2.53. The Labute approximate surface area is 130 Å². The molecule has 1 N–H and O–H groups in total. The van der Waals surface area contributed by atoms with Crippen molar-refractivity contribution in [3.63, 3.8) is 0 Å². The molecule has 0 radical (unpaired) electrons. The Balaban J connectivity index is 1.82. The summed E-state index contributed by atoms with van der Waals surface area (Å²) in [7, 11) is 0. The molecule has 0 atom stereocenters. The fraction of sp³-hybridized carbons (Fsp3) is 0.278. The largest absolute Gasteiger partial charge is 0.384 e. The zero-order valence-corrected chi connectivity index (χ0v) is 12.8. The van der Waals surface area contributed by atoms with Crippen molar-refractivity contribution < 1.29 is 9.18 Å². The molecule has 0 unspecified atom stereocenters. The van der Waals surface area contributed by atoms with Gasteiger partial charge in [0.25, 0.3) is 0 Å². The highest BCUT2D eigenvalue weighted by Crippen LogP contribution is 2.10. The number of rotatable bonds is 7. The summed E-state index contributed by atoms with van der Waals surface area (Å²) in [5, 5.41) is 3.07. The molecule has 3 nitrogen and oxygen atoms in total. The van der Waals surface area contributed by atoms with Gasteiger partial charge >= 0.3 is 0 Å². The molecule has 0 aliphatic carbocycles. The topological polar surface area (TPSA) is 32.3 Å². The van der Waals surface area contributed by atoms with Gasteiger partial charge in [-0.3, -0.25) is 4.79 Å². The highest BCUT2D eigenvalue weighted by molar-refractivity contribution is 5.76. The maximum absolute atomic E-state index is 13.1. The van der Waals surface area contributed by atoms with Crippen LogP contribution in [0.2, 0.25) is 0 Å². The fourth-order valence-corrected chi connectivity index (χ4v) is 2.25. The maximum Gasteiger partial charge on any atom is 0.224 e. The number of nitrogens with one attached hydrogen (secondary N) is 1. The monoisotopic (exact) mass is 300 g/mol. The van der Waals surface area contributed by atoms with Crippen LogP contribution in [-0.2, 0) is 11.3 Å². The molecule has 0 heterocycles. The number of carbonyl (C=O) groups is 1. The molecule has 0 saturated carbocycles. The maximum atomic E-state index is 13.1. The van der Waals surface area contributed by atoms with Crippen molar-refractivity contribution in [2.24, 2.45) is 0 Å². The Hall–Kier alpha value is -2.36. The van der Waals surface area contributed by atoms with Crippen molar-refractivity contribution in [2.45, 2.75) is 19.9 Å². The van der Waals surface area contributed by atoms with Crippen molar-refractivity contribution in [3.05, 3.63) is 66.0 Å². The first-order chi connectivity index (χ1) is 10.7. The van der Waals surface area contributed by atoms with Gasteiger partial charge in [-0.15, -0.1) is 0 Å². The lowest BCUT2D eigenvalue weighted by Gasteiger charge is -2.21. The summed E-state index contributed by atoms with van der Waals surface area (Å²) in [6.07, 6.45) is 0.386. The number of hydrogen-bond acceptors (Lipinski definition) is 2. The van der Waals surface area contributed by atoms with Crippen LogP contribution >= 0.6 is 0 Å². The number of hydrogen-bond donors (Lipinski definition) is 1. The summed E-state index contributed by atoms with van der Waals surface area (Å²) in [5.41, 5.74) is 1.81. The smallest absolute Gasteiger partial charge is 0.224 e. The Kier molecular flexibility index (Phi) is 5.95. The second-order valence-electron chi connectivity index (χ2n) is 5.08. The van der Waals surface area contributed by atoms with Crippen LogP contribution in [0.25, 0.3) is 0 Å². The SMILES string of the molecule is CCN(Cc1ccccc1)C(=O)CCNc1cccc(F)c1. The minimum absolute atomic E-state index is 0.0928. The van der Waals surface area contributed by atoms with Crippen molar-refractivity contribution in [1.29, 1.82) is 0 Å². The molecule has 22 heavy (non-hydrogen) atoms. The summed E-state index contributed by atoms with van der Waals surface area (Å²) in [6.45, 7) is 3.76. The van der Waals surface area contributed by atoms with Crippen LogP contribution in [0, 0.1) is 5.82 Å². The van der Waals surface area contributed by atoms with Crippen LogP contribution in [0.4, 0.5) is 10.1 Å². The number of benzene rings is 2. The zero-order chi connectivity index (χ0) is 15.8. The van der Waals surface area contributed by atoms with Crippen molar-refractivity contribution in [3.8, 4) is 0 Å². The number of carbonyl (C=O) groups excluding carboxylic acids is 1. The molecule has 0 aliphatic rings. The molecule has 116 valence electrons. The molecule has 1 amide bonds. The summed E-state index contributed by atoms with van der Waals surface area (Å²) in [6, 6.07) is 16.2. The molecular weight excluding hydrogens is 279 g/mol. The van der Waals surface area contributed by atoms with E-state index in [-0.39, 0.29) is 11.7 Å². The van der Waals surface area contributed by atoms with Crippen molar-refractivity contribution >= 4 is 11.6 Å². The molecule has 0 aliphatic heterocycles. The minimum Gasteiger partial charge on any atom is -0.384 e. The van der Waals surface area contributed by atoms with E-state index in [1.807, 2.05) is 42.2 Å². The van der Waals surface area contributed by atoms with Crippen LogP contribution in [0.15, 0.2) is 54.6 Å². The molecular formula is C18H21FN2O. The average molecular weight is 300 g/mol. The van der Waals surface area contributed by atoms with Gasteiger partial charge in [-0.2, -0.15) is 0 Å². The summed E-state index contributed by atoms with van der Waals surface area (Å²) in [5.74, 6) is -0.189. The minimum atomic E-state index is -0.282. The standard InChI is InChI=1S/C18H21FN2O/c1-2-21(14-15-7-4-3-5-8-15)18(22)11-12-20-17-10-6-9-16(19)13-17/h3-10,13,20H,2,11-12,14H2,1H3. The summed E-state index contributed by atoms with van der Waals surface area (Å²) < 4.78 is 13.1. The molecule has 2 aromatic carbocycles. The van der Waals surface area contributed by atoms with E-state index >= 15 is 0 Å². The number of halogens is 1. The third-order valence-electron chi connectivity index (χ3n) is 3.44. The molecule has 0 spiro atoms. The first-order valence-corrected chi connectivity index (χ1v) is 7.50. The van der Waals surface area contributed by atoms with Gasteiger partial charge < -0.3 is 10.2 Å². The van der Waals surface area contributed by atoms with Crippen LogP contribution in [0.5, 0.6) is 0 Å². The third-order valence-corrected chi connectivity index (χ3v) is 3.44. The van der Waals surface area contributed by atoms with E-state index in [9.17, 15) is 9.18 Å². The van der Waals surface area contributed by atoms with Gasteiger partial charge in [-0.25, -0.2) is 4.39 Å². The first kappa shape index (κ1) is 16.0. The highest BCUT2D eigenvalue weighted by atomic mass is 19.1. The van der Waals surface area contributed by atoms with Gasteiger partial charge in [0.05, 0.1) is 0 Å². The molecule has 0 fully saturated rings. The Morgan fingerprint density at radius 3 is 2.59 bits per heavy atom. The predicted molar refractivity (Wildman–Crippen MR) is 87.0 cm³/mol. The van der Waals surface area contributed by atoms with Crippen LogP contribution in [-0.4, -0.2) is 23.9 Å². The van der Waals surface area contributed by atoms with Gasteiger partial charge in [0.1, 0.15) is 5.82 Å². The second kappa shape index (κ2) is 8.17. The van der Waals surface area contributed by atoms with E-state index in [2.05, 4.69) is 5.32 Å². The van der Waals surface area contributed by atoms with Gasteiger partial charge in [-0.05, 0) is 30.7 Å².